The summed E-state index contributed by atoms with van der Waals surface area (Å²) in [5, 5.41) is 4.81. The molecule has 0 atom stereocenters. The number of hydrogen-bond acceptors (Lipinski definition) is 2. The van der Waals surface area contributed by atoms with E-state index in [0.29, 0.717) is 5.82 Å². The minimum Gasteiger partial charge on any atom is -0.309 e. The molecule has 0 saturated heterocycles. The van der Waals surface area contributed by atoms with E-state index in [-0.39, 0.29) is 0 Å². The van der Waals surface area contributed by atoms with Gasteiger partial charge in [-0.05, 0) is 96.8 Å². The molecule has 0 spiro atoms. The van der Waals surface area contributed by atoms with E-state index in [0.717, 1.165) is 61.5 Å². The van der Waals surface area contributed by atoms with Gasteiger partial charge in [0, 0.05) is 49.6 Å². The molecule has 9 aromatic carbocycles. The van der Waals surface area contributed by atoms with Crippen molar-refractivity contribution < 1.29 is 0 Å². The highest BCUT2D eigenvalue weighted by molar-refractivity contribution is 6.12. The Labute approximate surface area is 372 Å². The maximum absolute atomic E-state index is 5.37. The van der Waals surface area contributed by atoms with Crippen LogP contribution in [-0.2, 0) is 0 Å². The van der Waals surface area contributed by atoms with Gasteiger partial charge in [-0.2, -0.15) is 0 Å². The summed E-state index contributed by atoms with van der Waals surface area (Å²) in [6.07, 6.45) is 0. The van der Waals surface area contributed by atoms with Gasteiger partial charge in [0.05, 0.1) is 33.5 Å². The maximum Gasteiger partial charge on any atom is 0.160 e. The summed E-state index contributed by atoms with van der Waals surface area (Å²) in [4.78, 5) is 10.7. The first-order valence-electron chi connectivity index (χ1n) is 21.9. The van der Waals surface area contributed by atoms with Gasteiger partial charge in [-0.3, -0.25) is 0 Å². The second-order valence-corrected chi connectivity index (χ2v) is 16.8. The predicted molar refractivity (Wildman–Crippen MR) is 267 cm³/mol. The molecule has 0 fully saturated rings. The molecule has 4 nitrogen and oxygen atoms in total. The molecule has 0 amide bonds. The van der Waals surface area contributed by atoms with E-state index in [1.807, 2.05) is 12.1 Å². The largest absolute Gasteiger partial charge is 0.309 e. The Kier molecular flexibility index (Phi) is 8.91. The third-order valence-corrected chi connectivity index (χ3v) is 12.7. The summed E-state index contributed by atoms with van der Waals surface area (Å²) in [6.45, 7) is 4.27. The lowest BCUT2D eigenvalue weighted by Crippen LogP contribution is -2.02. The number of para-hydroxylation sites is 2. The average Bonchev–Trinajstić information content (AvgIpc) is 3.87. The molecule has 0 bridgehead atoms. The smallest absolute Gasteiger partial charge is 0.160 e. The van der Waals surface area contributed by atoms with Crippen LogP contribution >= 0.6 is 0 Å². The molecule has 0 aliphatic rings. The number of rotatable bonds is 7. The average molecular weight is 819 g/mol. The molecular formula is C60H42N4. The Morgan fingerprint density at radius 3 is 1.12 bits per heavy atom. The van der Waals surface area contributed by atoms with E-state index in [1.54, 1.807) is 0 Å². The number of aromatic nitrogens is 4. The van der Waals surface area contributed by atoms with Crippen LogP contribution < -0.4 is 0 Å². The van der Waals surface area contributed by atoms with Gasteiger partial charge >= 0.3 is 0 Å². The lowest BCUT2D eigenvalue weighted by atomic mass is 10.0. The van der Waals surface area contributed by atoms with Crippen molar-refractivity contribution in [3.8, 4) is 67.5 Å². The van der Waals surface area contributed by atoms with Crippen LogP contribution in [0.5, 0.6) is 0 Å². The first-order valence-corrected chi connectivity index (χ1v) is 21.9. The molecule has 64 heavy (non-hydrogen) atoms. The first-order chi connectivity index (χ1) is 31.5. The standard InChI is InChI=1S/C60H42N4/c1-39-21-25-41(26-22-39)45-29-31-58-52(35-45)50-17-9-11-19-56(50)63(58)48-33-47(60-61-54(43-13-5-3-6-14-43)38-55(62-60)44-15-7-4-8-16-44)34-49(37-48)64-57-20-12-10-18-51(57)53-36-46(30-32-59(53)64)42-27-23-40(2)24-28-42/h3-38H,1-2H3. The number of aryl methyl sites for hydroxylation is 2. The number of fused-ring (bicyclic) bond motifs is 6. The van der Waals surface area contributed by atoms with Gasteiger partial charge in [0.1, 0.15) is 0 Å². The molecule has 4 heteroatoms. The van der Waals surface area contributed by atoms with Crippen LogP contribution in [0.2, 0.25) is 0 Å². The van der Waals surface area contributed by atoms with Crippen molar-refractivity contribution in [3.05, 3.63) is 230 Å². The van der Waals surface area contributed by atoms with Crippen LogP contribution in [0.4, 0.5) is 0 Å². The van der Waals surface area contributed by atoms with Gasteiger partial charge < -0.3 is 9.13 Å². The lowest BCUT2D eigenvalue weighted by Gasteiger charge is -2.16. The molecule has 0 N–H and O–H groups in total. The number of hydrogen-bond donors (Lipinski definition) is 0. The van der Waals surface area contributed by atoms with Crippen LogP contribution in [0.25, 0.3) is 111 Å². The molecule has 3 aromatic heterocycles. The zero-order valence-electron chi connectivity index (χ0n) is 35.6. The minimum absolute atomic E-state index is 0.660. The highest BCUT2D eigenvalue weighted by Gasteiger charge is 2.20. The molecule has 0 radical (unpaired) electrons. The second-order valence-electron chi connectivity index (χ2n) is 16.8. The molecule has 0 aliphatic heterocycles. The van der Waals surface area contributed by atoms with Crippen LogP contribution in [0.1, 0.15) is 11.1 Å². The van der Waals surface area contributed by atoms with Crippen LogP contribution in [0.15, 0.2) is 218 Å². The van der Waals surface area contributed by atoms with Crippen molar-refractivity contribution in [2.24, 2.45) is 0 Å². The van der Waals surface area contributed by atoms with Crippen LogP contribution in [0.3, 0.4) is 0 Å². The fourth-order valence-corrected chi connectivity index (χ4v) is 9.43. The molecule has 302 valence electrons. The summed E-state index contributed by atoms with van der Waals surface area (Å²) in [7, 11) is 0. The van der Waals surface area contributed by atoms with Gasteiger partial charge in [0.2, 0.25) is 0 Å². The third kappa shape index (κ3) is 6.47. The predicted octanol–water partition coefficient (Wildman–Crippen LogP) is 15.6. The van der Waals surface area contributed by atoms with Gasteiger partial charge in [0.15, 0.2) is 5.82 Å². The minimum atomic E-state index is 0.660. The summed E-state index contributed by atoms with van der Waals surface area (Å²) in [5.74, 6) is 0.660. The monoisotopic (exact) mass is 818 g/mol. The van der Waals surface area contributed by atoms with Crippen molar-refractivity contribution in [1.29, 1.82) is 0 Å². The molecule has 12 rings (SSSR count). The van der Waals surface area contributed by atoms with Crippen molar-refractivity contribution in [1.82, 2.24) is 19.1 Å². The Morgan fingerprint density at radius 2 is 0.672 bits per heavy atom. The zero-order valence-corrected chi connectivity index (χ0v) is 35.6. The summed E-state index contributed by atoms with van der Waals surface area (Å²) in [6, 6.07) is 78.7. The molecule has 0 saturated carbocycles. The van der Waals surface area contributed by atoms with Gasteiger partial charge in [0.25, 0.3) is 0 Å². The van der Waals surface area contributed by atoms with Crippen LogP contribution in [-0.4, -0.2) is 19.1 Å². The van der Waals surface area contributed by atoms with Gasteiger partial charge in [-0.1, -0.05) is 169 Å². The number of nitrogens with zero attached hydrogens (tertiary/aromatic N) is 4. The molecule has 0 unspecified atom stereocenters. The maximum atomic E-state index is 5.37. The van der Waals surface area contributed by atoms with Crippen molar-refractivity contribution in [3.63, 3.8) is 0 Å². The van der Waals surface area contributed by atoms with E-state index in [4.69, 9.17) is 9.97 Å². The normalized spacial score (nSPS) is 11.6. The first kappa shape index (κ1) is 37.4. The zero-order chi connectivity index (χ0) is 42.7. The quantitative estimate of drug-likeness (QED) is 0.161. The Hall–Kier alpha value is -8.34. The Balaban J connectivity index is 1.14. The Bertz CT molecular complexity index is 3470. The van der Waals surface area contributed by atoms with E-state index in [9.17, 15) is 0 Å². The van der Waals surface area contributed by atoms with Crippen LogP contribution in [0, 0.1) is 13.8 Å². The van der Waals surface area contributed by atoms with E-state index < -0.39 is 0 Å². The van der Waals surface area contributed by atoms with Gasteiger partial charge in [-0.15, -0.1) is 0 Å². The molecular weight excluding hydrogens is 777 g/mol. The second kappa shape index (κ2) is 15.2. The van der Waals surface area contributed by atoms with Crippen molar-refractivity contribution >= 4 is 43.6 Å². The summed E-state index contributed by atoms with van der Waals surface area (Å²) in [5.41, 5.74) is 18.6. The number of benzene rings is 9. The van der Waals surface area contributed by atoms with E-state index in [1.165, 1.54) is 54.9 Å². The SMILES string of the molecule is Cc1ccc(-c2ccc3c(c2)c2ccccc2n3-c2cc(-c3nc(-c4ccccc4)cc(-c4ccccc4)n3)cc(-n3c4ccccc4c4cc(-c5ccc(C)cc5)ccc43)c2)cc1. The highest BCUT2D eigenvalue weighted by atomic mass is 15.0. The fourth-order valence-electron chi connectivity index (χ4n) is 9.43. The fraction of sp³-hybridized carbons (Fsp3) is 0.0333. The third-order valence-electron chi connectivity index (χ3n) is 12.7. The lowest BCUT2D eigenvalue weighted by molar-refractivity contribution is 1.12. The highest BCUT2D eigenvalue weighted by Crippen LogP contribution is 2.40. The van der Waals surface area contributed by atoms with E-state index >= 15 is 0 Å². The van der Waals surface area contributed by atoms with E-state index in [2.05, 4.69) is 229 Å². The van der Waals surface area contributed by atoms with Crippen molar-refractivity contribution in [2.45, 2.75) is 13.8 Å². The van der Waals surface area contributed by atoms with Crippen molar-refractivity contribution in [2.75, 3.05) is 0 Å². The Morgan fingerprint density at radius 1 is 0.281 bits per heavy atom. The topological polar surface area (TPSA) is 35.6 Å². The molecule has 0 aliphatic carbocycles. The molecule has 3 heterocycles. The summed E-state index contributed by atoms with van der Waals surface area (Å²) >= 11 is 0. The summed E-state index contributed by atoms with van der Waals surface area (Å²) < 4.78 is 4.83. The van der Waals surface area contributed by atoms with Gasteiger partial charge in [-0.25, -0.2) is 9.97 Å². The molecule has 12 aromatic rings.